The van der Waals surface area contributed by atoms with E-state index in [1.807, 2.05) is 6.92 Å². The fourth-order valence-electron chi connectivity index (χ4n) is 3.19. The number of hydrogen-bond donors (Lipinski definition) is 0. The van der Waals surface area contributed by atoms with Gasteiger partial charge in [-0.25, -0.2) is 0 Å². The van der Waals surface area contributed by atoms with Crippen molar-refractivity contribution in [2.45, 2.75) is 32.5 Å². The first-order chi connectivity index (χ1) is 9.13. The van der Waals surface area contributed by atoms with Gasteiger partial charge in [0.05, 0.1) is 12.7 Å². The Kier molecular flexibility index (Phi) is 3.56. The molecule has 0 radical (unpaired) electrons. The average Bonchev–Trinajstić information content (AvgIpc) is 2.77. The van der Waals surface area contributed by atoms with Gasteiger partial charge in [-0.15, -0.1) is 0 Å². The van der Waals surface area contributed by atoms with Crippen molar-refractivity contribution in [3.63, 3.8) is 0 Å². The van der Waals surface area contributed by atoms with Crippen LogP contribution in [0.15, 0.2) is 12.1 Å². The van der Waals surface area contributed by atoms with Crippen LogP contribution in [0.1, 0.15) is 17.0 Å². The van der Waals surface area contributed by atoms with Gasteiger partial charge >= 0.3 is 0 Å². The number of aryl methyl sites for hydroxylation is 2. The summed E-state index contributed by atoms with van der Waals surface area (Å²) >= 11 is 0. The third kappa shape index (κ3) is 2.66. The monoisotopic (exact) mass is 261 g/mol. The maximum absolute atomic E-state index is 5.89. The summed E-state index contributed by atoms with van der Waals surface area (Å²) in [5.74, 6) is 0. The summed E-state index contributed by atoms with van der Waals surface area (Å²) in [5.41, 5.74) is 3.59. The summed E-state index contributed by atoms with van der Waals surface area (Å²) in [6, 6.07) is 4.88. The van der Waals surface area contributed by atoms with Crippen molar-refractivity contribution in [1.82, 2.24) is 14.8 Å². The number of likely N-dealkylation sites (tertiary alicyclic amines) is 1. The van der Waals surface area contributed by atoms with Gasteiger partial charge in [0.1, 0.15) is 0 Å². The lowest BCUT2D eigenvalue weighted by Gasteiger charge is -2.33. The molecular weight excluding hydrogens is 238 g/mol. The number of morpholine rings is 1. The van der Waals surface area contributed by atoms with Crippen molar-refractivity contribution in [2.24, 2.45) is 0 Å². The van der Waals surface area contributed by atoms with Gasteiger partial charge in [0.25, 0.3) is 0 Å². The van der Waals surface area contributed by atoms with Crippen molar-refractivity contribution >= 4 is 0 Å². The van der Waals surface area contributed by atoms with E-state index in [-0.39, 0.29) is 0 Å². The Balaban J connectivity index is 1.68. The molecule has 1 aromatic heterocycles. The van der Waals surface area contributed by atoms with E-state index in [0.717, 1.165) is 44.2 Å². The largest absolute Gasteiger partial charge is 0.374 e. The summed E-state index contributed by atoms with van der Waals surface area (Å²) in [6.45, 7) is 9.22. The van der Waals surface area contributed by atoms with Crippen molar-refractivity contribution < 1.29 is 4.74 Å². The van der Waals surface area contributed by atoms with E-state index >= 15 is 0 Å². The molecule has 0 aliphatic carbocycles. The highest BCUT2D eigenvalue weighted by Crippen LogP contribution is 2.23. The molecule has 19 heavy (non-hydrogen) atoms. The van der Waals surface area contributed by atoms with E-state index in [0.29, 0.717) is 12.1 Å². The van der Waals surface area contributed by atoms with Gasteiger partial charge in [-0.05, 0) is 32.5 Å². The van der Waals surface area contributed by atoms with Crippen LogP contribution in [-0.4, -0.2) is 60.2 Å². The summed E-state index contributed by atoms with van der Waals surface area (Å²) in [5, 5.41) is 0. The van der Waals surface area contributed by atoms with E-state index in [1.54, 1.807) is 0 Å². The number of pyridine rings is 1. The van der Waals surface area contributed by atoms with Crippen LogP contribution < -0.4 is 0 Å². The minimum absolute atomic E-state index is 0.387. The Morgan fingerprint density at radius 1 is 1.32 bits per heavy atom. The molecule has 2 fully saturated rings. The molecule has 2 atom stereocenters. The van der Waals surface area contributed by atoms with Gasteiger partial charge in [0.2, 0.25) is 0 Å². The molecule has 104 valence electrons. The van der Waals surface area contributed by atoms with Crippen molar-refractivity contribution in [3.05, 3.63) is 29.1 Å². The third-order valence-corrected chi connectivity index (χ3v) is 4.38. The molecular formula is C15H23N3O. The Labute approximate surface area is 115 Å². The van der Waals surface area contributed by atoms with Gasteiger partial charge in [-0.2, -0.15) is 0 Å². The molecule has 1 aromatic rings. The molecule has 2 aliphatic rings. The van der Waals surface area contributed by atoms with Gasteiger partial charge in [-0.1, -0.05) is 6.07 Å². The molecule has 3 heterocycles. The van der Waals surface area contributed by atoms with Gasteiger partial charge < -0.3 is 4.74 Å². The number of nitrogens with zero attached hydrogens (tertiary/aromatic N) is 3. The average molecular weight is 261 g/mol. The van der Waals surface area contributed by atoms with E-state index < -0.39 is 0 Å². The Bertz CT molecular complexity index is 463. The molecule has 0 saturated carbocycles. The lowest BCUT2D eigenvalue weighted by molar-refractivity contribution is -0.0370. The van der Waals surface area contributed by atoms with Crippen LogP contribution >= 0.6 is 0 Å². The molecule has 0 spiro atoms. The lowest BCUT2D eigenvalue weighted by atomic mass is 10.1. The smallest absolute Gasteiger partial charge is 0.0869 e. The van der Waals surface area contributed by atoms with Crippen LogP contribution in [0.2, 0.25) is 0 Å². The minimum Gasteiger partial charge on any atom is -0.374 e. The molecule has 3 rings (SSSR count). The van der Waals surface area contributed by atoms with Crippen LogP contribution in [0.3, 0.4) is 0 Å². The van der Waals surface area contributed by atoms with Crippen LogP contribution in [0, 0.1) is 13.8 Å². The first kappa shape index (κ1) is 13.0. The Hall–Kier alpha value is -0.970. The normalized spacial score (nSPS) is 28.6. The van der Waals surface area contributed by atoms with Gasteiger partial charge in [0.15, 0.2) is 0 Å². The van der Waals surface area contributed by atoms with E-state index in [9.17, 15) is 0 Å². The number of fused-ring (bicyclic) bond motifs is 1. The number of ether oxygens (including phenoxy) is 1. The molecule has 0 aromatic carbocycles. The van der Waals surface area contributed by atoms with Gasteiger partial charge in [-0.3, -0.25) is 14.8 Å². The molecule has 0 amide bonds. The quantitative estimate of drug-likeness (QED) is 0.800. The van der Waals surface area contributed by atoms with E-state index in [2.05, 4.69) is 40.9 Å². The topological polar surface area (TPSA) is 28.6 Å². The SMILES string of the molecule is Cc1ccc(CN2C[C@H]3OCCN(C)[C@H]3C2)c(C)n1. The minimum atomic E-state index is 0.387. The number of hydrogen-bond acceptors (Lipinski definition) is 4. The molecule has 0 bridgehead atoms. The van der Waals surface area contributed by atoms with Crippen LogP contribution in [-0.2, 0) is 11.3 Å². The maximum atomic E-state index is 5.89. The molecule has 2 saturated heterocycles. The number of rotatable bonds is 2. The Morgan fingerprint density at radius 3 is 2.89 bits per heavy atom. The second kappa shape index (κ2) is 5.19. The summed E-state index contributed by atoms with van der Waals surface area (Å²) < 4.78 is 5.89. The maximum Gasteiger partial charge on any atom is 0.0869 e. The number of aromatic nitrogens is 1. The van der Waals surface area contributed by atoms with Gasteiger partial charge in [0, 0.05) is 43.6 Å². The molecule has 0 unspecified atom stereocenters. The fraction of sp³-hybridized carbons (Fsp3) is 0.667. The zero-order valence-electron chi connectivity index (χ0n) is 12.1. The summed E-state index contributed by atoms with van der Waals surface area (Å²) in [7, 11) is 2.21. The first-order valence-electron chi connectivity index (χ1n) is 7.11. The van der Waals surface area contributed by atoms with Crippen LogP contribution in [0.4, 0.5) is 0 Å². The van der Waals surface area contributed by atoms with Crippen LogP contribution in [0.5, 0.6) is 0 Å². The first-order valence-corrected chi connectivity index (χ1v) is 7.11. The molecule has 4 heteroatoms. The van der Waals surface area contributed by atoms with Crippen molar-refractivity contribution in [1.29, 1.82) is 0 Å². The molecule has 0 N–H and O–H groups in total. The highest BCUT2D eigenvalue weighted by atomic mass is 16.5. The summed E-state index contributed by atoms with van der Waals surface area (Å²) in [4.78, 5) is 9.49. The zero-order chi connectivity index (χ0) is 13.4. The van der Waals surface area contributed by atoms with E-state index in [1.165, 1.54) is 5.56 Å². The highest BCUT2D eigenvalue weighted by Gasteiger charge is 2.38. The van der Waals surface area contributed by atoms with E-state index in [4.69, 9.17) is 4.74 Å². The summed E-state index contributed by atoms with van der Waals surface area (Å²) in [6.07, 6.45) is 0.387. The van der Waals surface area contributed by atoms with Crippen molar-refractivity contribution in [3.8, 4) is 0 Å². The third-order valence-electron chi connectivity index (χ3n) is 4.38. The standard InChI is InChI=1S/C15H23N3O/c1-11-4-5-13(12(2)16-11)8-18-9-14-15(10-18)19-7-6-17(14)3/h4-5,14-15H,6-10H2,1-3H3/t14-,15+/m0/s1. The van der Waals surface area contributed by atoms with Crippen LogP contribution in [0.25, 0.3) is 0 Å². The van der Waals surface area contributed by atoms with Crippen molar-refractivity contribution in [2.75, 3.05) is 33.3 Å². The second-order valence-electron chi connectivity index (χ2n) is 5.85. The lowest BCUT2D eigenvalue weighted by Crippen LogP contribution is -2.48. The zero-order valence-corrected chi connectivity index (χ0v) is 12.1. The highest BCUT2D eigenvalue weighted by molar-refractivity contribution is 5.21. The fourth-order valence-corrected chi connectivity index (χ4v) is 3.19. The Morgan fingerprint density at radius 2 is 2.16 bits per heavy atom. The number of likely N-dealkylation sites (N-methyl/N-ethyl adjacent to an activating group) is 1. The predicted molar refractivity (Wildman–Crippen MR) is 75.1 cm³/mol. The molecule has 4 nitrogen and oxygen atoms in total. The molecule has 2 aliphatic heterocycles. The predicted octanol–water partition coefficient (Wildman–Crippen LogP) is 1.21. The second-order valence-corrected chi connectivity index (χ2v) is 5.85.